The Bertz CT molecular complexity index is 2090. The molecule has 0 radical (unpaired) electrons. The van der Waals surface area contributed by atoms with Gasteiger partial charge in [0, 0.05) is 30.6 Å². The summed E-state index contributed by atoms with van der Waals surface area (Å²) in [4.78, 5) is 22.4. The molecule has 2 aliphatic rings. The van der Waals surface area contributed by atoms with E-state index in [4.69, 9.17) is 4.74 Å². The first-order chi connectivity index (χ1) is 21.4. The van der Waals surface area contributed by atoms with Crippen molar-refractivity contribution in [1.29, 1.82) is 0 Å². The van der Waals surface area contributed by atoms with Gasteiger partial charge in [0.25, 0.3) is 11.6 Å². The van der Waals surface area contributed by atoms with Crippen LogP contribution >= 0.6 is 0 Å². The van der Waals surface area contributed by atoms with Crippen LogP contribution in [0.2, 0.25) is 0 Å². The van der Waals surface area contributed by atoms with Gasteiger partial charge in [0.05, 0.1) is 10.7 Å². The minimum absolute atomic E-state index is 0.00644. The fraction of sp³-hybridized carbons (Fsp3) is 0.167. The first kappa shape index (κ1) is 30.2. The lowest BCUT2D eigenvalue weighted by atomic mass is 10.0. The van der Waals surface area contributed by atoms with Gasteiger partial charge in [-0.2, -0.15) is 12.7 Å². The van der Waals surface area contributed by atoms with E-state index in [1.54, 1.807) is 42.5 Å². The number of nitrogens with zero attached hydrogens (tertiary/aromatic N) is 3. The van der Waals surface area contributed by atoms with Gasteiger partial charge in [-0.1, -0.05) is 60.7 Å². The van der Waals surface area contributed by atoms with Crippen LogP contribution in [-0.4, -0.2) is 51.6 Å². The van der Waals surface area contributed by atoms with Crippen LogP contribution in [0.4, 0.5) is 15.8 Å². The van der Waals surface area contributed by atoms with Crippen LogP contribution in [0.5, 0.6) is 5.75 Å². The molecule has 0 spiro atoms. The number of ether oxygens (including phenoxy) is 1. The molecule has 4 aromatic rings. The number of anilines is 1. The van der Waals surface area contributed by atoms with E-state index in [2.05, 4.69) is 0 Å². The third-order valence-electron chi connectivity index (χ3n) is 7.47. The molecule has 0 unspecified atom stereocenters. The Balaban J connectivity index is 1.30. The topological polar surface area (TPSA) is 156 Å². The molecule has 45 heavy (non-hydrogen) atoms. The molecule has 1 N–H and O–H groups in total. The summed E-state index contributed by atoms with van der Waals surface area (Å²) in [6.07, 6.45) is 1.71. The number of hydrogen-bond donors (Lipinski definition) is 1. The van der Waals surface area contributed by atoms with E-state index < -0.39 is 49.1 Å². The number of rotatable bonds is 9. The molecule has 232 valence electrons. The van der Waals surface area contributed by atoms with Crippen LogP contribution in [0, 0.1) is 15.9 Å². The predicted octanol–water partition coefficient (Wildman–Crippen LogP) is 3.88. The number of hydrogen-bond acceptors (Lipinski definition) is 8. The lowest BCUT2D eigenvalue weighted by Gasteiger charge is -2.21. The summed E-state index contributed by atoms with van der Waals surface area (Å²) < 4.78 is 77.7. The Kier molecular flexibility index (Phi) is 7.76. The van der Waals surface area contributed by atoms with Gasteiger partial charge in [-0.3, -0.25) is 14.9 Å². The molecule has 0 bridgehead atoms. The second-order valence-corrected chi connectivity index (χ2v) is 14.0. The summed E-state index contributed by atoms with van der Waals surface area (Å²) in [7, 11) is -8.17. The lowest BCUT2D eigenvalue weighted by Crippen LogP contribution is -2.30. The lowest BCUT2D eigenvalue weighted by molar-refractivity contribution is -0.384. The Morgan fingerprint density at radius 2 is 1.71 bits per heavy atom. The minimum atomic E-state index is -4.37. The van der Waals surface area contributed by atoms with Crippen molar-refractivity contribution < 1.29 is 35.7 Å². The van der Waals surface area contributed by atoms with E-state index in [1.165, 1.54) is 40.7 Å². The molecule has 4 aromatic carbocycles. The van der Waals surface area contributed by atoms with Crippen molar-refractivity contribution in [2.24, 2.45) is 0 Å². The van der Waals surface area contributed by atoms with Gasteiger partial charge in [-0.15, -0.1) is 0 Å². The number of non-ortho nitro benzene ring substituents is 1. The maximum absolute atomic E-state index is 16.3. The highest BCUT2D eigenvalue weighted by Crippen LogP contribution is 2.40. The van der Waals surface area contributed by atoms with E-state index in [0.717, 1.165) is 5.56 Å². The number of carbonyl (C=O) groups excluding carboxylic acids is 1. The Hall–Kier alpha value is -4.86. The molecule has 1 saturated heterocycles. The van der Waals surface area contributed by atoms with Crippen molar-refractivity contribution in [2.75, 3.05) is 23.9 Å². The molecule has 12 nitrogen and oxygen atoms in total. The first-order valence-corrected chi connectivity index (χ1v) is 16.6. The molecule has 0 saturated carbocycles. The molecule has 15 heteroatoms. The van der Waals surface area contributed by atoms with Crippen molar-refractivity contribution in [3.8, 4) is 5.75 Å². The minimum Gasteiger partial charge on any atom is -0.487 e. The summed E-state index contributed by atoms with van der Waals surface area (Å²) >= 11 is 0. The number of carbonyl (C=O) groups is 1. The van der Waals surface area contributed by atoms with Crippen molar-refractivity contribution in [1.82, 2.24) is 9.03 Å². The summed E-state index contributed by atoms with van der Waals surface area (Å²) in [5.41, 5.74) is 1.73. The maximum Gasteiger partial charge on any atom is 0.326 e. The van der Waals surface area contributed by atoms with Gasteiger partial charge in [0.15, 0.2) is 5.82 Å². The second kappa shape index (κ2) is 11.6. The largest absolute Gasteiger partial charge is 0.487 e. The summed E-state index contributed by atoms with van der Waals surface area (Å²) in [5, 5.41) is 11.4. The molecule has 2 heterocycles. The van der Waals surface area contributed by atoms with Gasteiger partial charge < -0.3 is 4.74 Å². The number of fused-ring (bicyclic) bond motifs is 1. The van der Waals surface area contributed by atoms with Gasteiger partial charge in [-0.05, 0) is 39.8 Å². The predicted molar refractivity (Wildman–Crippen MR) is 164 cm³/mol. The molecule has 0 atom stereocenters. The van der Waals surface area contributed by atoms with E-state index in [1.807, 2.05) is 10.8 Å². The van der Waals surface area contributed by atoms with E-state index in [-0.39, 0.29) is 42.3 Å². The number of amides is 1. The Morgan fingerprint density at radius 1 is 0.978 bits per heavy atom. The standard InChI is InChI=1S/C30H25FN4O8S2/c31-29-26-14-22(24-12-13-33(16-24)44(39,40)19-21-6-10-25(11-7-21)35(37)38)8-9-23(26)15-27(43-18-20-4-2-1-3-5-20)30(29)34-17-28(36)32-45(34,41)42/h1-12,14-15H,13,16-19H2,(H,32,36). The van der Waals surface area contributed by atoms with Crippen molar-refractivity contribution in [3.05, 3.63) is 118 Å². The summed E-state index contributed by atoms with van der Waals surface area (Å²) in [5.74, 6) is -2.16. The molecule has 0 aliphatic carbocycles. The third-order valence-corrected chi connectivity index (χ3v) is 10.6. The maximum atomic E-state index is 16.3. The van der Waals surface area contributed by atoms with Crippen molar-refractivity contribution in [2.45, 2.75) is 12.4 Å². The van der Waals surface area contributed by atoms with Crippen LogP contribution in [0.15, 0.2) is 84.9 Å². The number of nitrogens with one attached hydrogen (secondary N) is 1. The number of halogens is 1. The monoisotopic (exact) mass is 652 g/mol. The fourth-order valence-electron chi connectivity index (χ4n) is 5.21. The smallest absolute Gasteiger partial charge is 0.326 e. The highest BCUT2D eigenvalue weighted by Gasteiger charge is 2.38. The summed E-state index contributed by atoms with van der Waals surface area (Å²) in [6.45, 7) is -0.531. The Morgan fingerprint density at radius 3 is 2.38 bits per heavy atom. The highest BCUT2D eigenvalue weighted by molar-refractivity contribution is 7.92. The normalized spacial score (nSPS) is 16.5. The highest BCUT2D eigenvalue weighted by atomic mass is 32.2. The van der Waals surface area contributed by atoms with Gasteiger partial charge in [-0.25, -0.2) is 21.8 Å². The average molecular weight is 653 g/mol. The zero-order valence-corrected chi connectivity index (χ0v) is 25.1. The van der Waals surface area contributed by atoms with Crippen LogP contribution in [0.1, 0.15) is 16.7 Å². The van der Waals surface area contributed by atoms with Gasteiger partial charge in [0.1, 0.15) is 24.6 Å². The molecule has 0 aromatic heterocycles. The molecule has 6 rings (SSSR count). The number of nitro benzene ring substituents is 1. The zero-order chi connectivity index (χ0) is 31.9. The number of nitro groups is 1. The van der Waals surface area contributed by atoms with Crippen molar-refractivity contribution >= 4 is 53.9 Å². The van der Waals surface area contributed by atoms with Crippen LogP contribution in [-0.2, 0) is 37.4 Å². The third kappa shape index (κ3) is 6.09. The van der Waals surface area contributed by atoms with Gasteiger partial charge in [0.2, 0.25) is 10.0 Å². The zero-order valence-electron chi connectivity index (χ0n) is 23.4. The first-order valence-electron chi connectivity index (χ1n) is 13.6. The average Bonchev–Trinajstić information content (AvgIpc) is 3.61. The SMILES string of the molecule is O=C1CN(c2c(OCc3ccccc3)cc3ccc(C4=CCN(S(=O)(=O)Cc5ccc([N+](=O)[O-])cc5)C4)cc3c2F)S(=O)(=O)N1. The second-order valence-electron chi connectivity index (χ2n) is 10.5. The van der Waals surface area contributed by atoms with E-state index >= 15 is 4.39 Å². The van der Waals surface area contributed by atoms with Crippen LogP contribution in [0.3, 0.4) is 0 Å². The quantitative estimate of drug-likeness (QED) is 0.211. The molecule has 2 aliphatic heterocycles. The van der Waals surface area contributed by atoms with E-state index in [0.29, 0.717) is 26.4 Å². The van der Waals surface area contributed by atoms with Crippen LogP contribution in [0.25, 0.3) is 16.3 Å². The Labute approximate surface area is 257 Å². The fourth-order valence-corrected chi connectivity index (χ4v) is 7.80. The molecule has 1 fully saturated rings. The molecular formula is C30H25FN4O8S2. The molecular weight excluding hydrogens is 627 g/mol. The van der Waals surface area contributed by atoms with Crippen molar-refractivity contribution in [3.63, 3.8) is 0 Å². The number of sulfonamides is 1. The number of benzene rings is 4. The molecule has 1 amide bonds. The van der Waals surface area contributed by atoms with E-state index in [9.17, 15) is 31.7 Å². The van der Waals surface area contributed by atoms with Crippen LogP contribution < -0.4 is 13.8 Å². The summed E-state index contributed by atoms with van der Waals surface area (Å²) in [6, 6.07) is 20.6. The van der Waals surface area contributed by atoms with Gasteiger partial charge >= 0.3 is 10.2 Å².